The van der Waals surface area contributed by atoms with Crippen LogP contribution in [0.5, 0.6) is 0 Å². The van der Waals surface area contributed by atoms with Gasteiger partial charge in [-0.3, -0.25) is 4.98 Å². The summed E-state index contributed by atoms with van der Waals surface area (Å²) in [5.41, 5.74) is 1.69. The highest BCUT2D eigenvalue weighted by molar-refractivity contribution is 5.67. The number of halogens is 1. The summed E-state index contributed by atoms with van der Waals surface area (Å²) in [5, 5.41) is 0. The molecule has 0 unspecified atom stereocenters. The molecule has 0 radical (unpaired) electrons. The molecule has 5 heteroatoms. The van der Waals surface area contributed by atoms with Crippen molar-refractivity contribution < 1.29 is 4.39 Å². The van der Waals surface area contributed by atoms with Gasteiger partial charge in [0.15, 0.2) is 5.82 Å². The predicted molar refractivity (Wildman–Crippen MR) is 94.2 cm³/mol. The normalized spacial score (nSPS) is 10.6. The molecule has 4 nitrogen and oxygen atoms in total. The summed E-state index contributed by atoms with van der Waals surface area (Å²) >= 11 is 0. The summed E-state index contributed by atoms with van der Waals surface area (Å²) in [6, 6.07) is 14.1. The Morgan fingerprint density at radius 1 is 0.917 bits per heavy atom. The Kier molecular flexibility index (Phi) is 4.79. The van der Waals surface area contributed by atoms with Crippen LogP contribution in [0, 0.1) is 5.82 Å². The molecule has 0 N–H and O–H groups in total. The first-order valence-electron chi connectivity index (χ1n) is 8.03. The highest BCUT2D eigenvalue weighted by Crippen LogP contribution is 2.27. The quantitative estimate of drug-likeness (QED) is 0.706. The zero-order valence-electron chi connectivity index (χ0n) is 13.8. The van der Waals surface area contributed by atoms with Gasteiger partial charge in [-0.05, 0) is 38.1 Å². The minimum absolute atomic E-state index is 0.298. The van der Waals surface area contributed by atoms with Crippen LogP contribution in [-0.4, -0.2) is 28.0 Å². The molecule has 0 aliphatic carbocycles. The summed E-state index contributed by atoms with van der Waals surface area (Å²) in [6.07, 6.45) is 1.70. The molecular weight excluding hydrogens is 303 g/mol. The van der Waals surface area contributed by atoms with Crippen molar-refractivity contribution in [1.82, 2.24) is 15.0 Å². The van der Waals surface area contributed by atoms with Crippen molar-refractivity contribution in [2.75, 3.05) is 18.0 Å². The van der Waals surface area contributed by atoms with E-state index in [0.717, 1.165) is 18.9 Å². The molecule has 0 saturated carbocycles. The van der Waals surface area contributed by atoms with Crippen LogP contribution >= 0.6 is 0 Å². The lowest BCUT2D eigenvalue weighted by molar-refractivity contribution is 0.630. The van der Waals surface area contributed by atoms with Gasteiger partial charge in [-0.25, -0.2) is 14.4 Å². The van der Waals surface area contributed by atoms with Gasteiger partial charge in [0.1, 0.15) is 17.3 Å². The second-order valence-corrected chi connectivity index (χ2v) is 5.30. The fourth-order valence-electron chi connectivity index (χ4n) is 2.56. The third-order valence-electron chi connectivity index (χ3n) is 3.84. The van der Waals surface area contributed by atoms with Crippen molar-refractivity contribution in [3.05, 3.63) is 60.5 Å². The van der Waals surface area contributed by atoms with E-state index in [1.807, 2.05) is 24.3 Å². The summed E-state index contributed by atoms with van der Waals surface area (Å²) in [4.78, 5) is 15.6. The maximum atomic E-state index is 14.2. The summed E-state index contributed by atoms with van der Waals surface area (Å²) < 4.78 is 14.2. The minimum Gasteiger partial charge on any atom is -0.357 e. The molecule has 0 fully saturated rings. The lowest BCUT2D eigenvalue weighted by Gasteiger charge is -2.21. The van der Waals surface area contributed by atoms with Gasteiger partial charge in [0.2, 0.25) is 0 Å². The summed E-state index contributed by atoms with van der Waals surface area (Å²) in [7, 11) is 0. The highest BCUT2D eigenvalue weighted by atomic mass is 19.1. The van der Waals surface area contributed by atoms with Crippen LogP contribution in [0.3, 0.4) is 0 Å². The fourth-order valence-corrected chi connectivity index (χ4v) is 2.56. The molecule has 24 heavy (non-hydrogen) atoms. The van der Waals surface area contributed by atoms with Crippen molar-refractivity contribution in [3.8, 4) is 22.8 Å². The van der Waals surface area contributed by atoms with Crippen LogP contribution in [0.15, 0.2) is 54.7 Å². The smallest absolute Gasteiger partial charge is 0.180 e. The number of rotatable bonds is 5. The van der Waals surface area contributed by atoms with Gasteiger partial charge >= 0.3 is 0 Å². The number of nitrogens with zero attached hydrogens (tertiary/aromatic N) is 4. The average molecular weight is 322 g/mol. The van der Waals surface area contributed by atoms with E-state index < -0.39 is 0 Å². The Hall–Kier alpha value is -2.82. The summed E-state index contributed by atoms with van der Waals surface area (Å²) in [5.74, 6) is 0.973. The fraction of sp³-hybridized carbons (Fsp3) is 0.211. The molecule has 0 amide bonds. The largest absolute Gasteiger partial charge is 0.357 e. The number of hydrogen-bond acceptors (Lipinski definition) is 4. The van der Waals surface area contributed by atoms with Gasteiger partial charge in [0, 0.05) is 30.9 Å². The zero-order valence-corrected chi connectivity index (χ0v) is 13.8. The second-order valence-electron chi connectivity index (χ2n) is 5.30. The van der Waals surface area contributed by atoms with Crippen LogP contribution in [0.25, 0.3) is 22.8 Å². The first-order valence-corrected chi connectivity index (χ1v) is 8.03. The molecule has 0 saturated heterocycles. The molecule has 1 aromatic carbocycles. The van der Waals surface area contributed by atoms with Crippen LogP contribution in [0.2, 0.25) is 0 Å². The Bertz CT molecular complexity index is 817. The molecule has 0 aliphatic heterocycles. The number of pyridine rings is 1. The van der Waals surface area contributed by atoms with Crippen molar-refractivity contribution in [2.24, 2.45) is 0 Å². The first kappa shape index (κ1) is 16.1. The van der Waals surface area contributed by atoms with E-state index in [4.69, 9.17) is 0 Å². The number of anilines is 1. The number of aromatic nitrogens is 3. The monoisotopic (exact) mass is 322 g/mol. The van der Waals surface area contributed by atoms with E-state index in [2.05, 4.69) is 33.7 Å². The average Bonchev–Trinajstić information content (AvgIpc) is 2.64. The van der Waals surface area contributed by atoms with Gasteiger partial charge in [0.25, 0.3) is 0 Å². The van der Waals surface area contributed by atoms with E-state index in [1.165, 1.54) is 6.07 Å². The van der Waals surface area contributed by atoms with Crippen LogP contribution in [-0.2, 0) is 0 Å². The lowest BCUT2D eigenvalue weighted by Crippen LogP contribution is -2.23. The molecule has 0 spiro atoms. The third kappa shape index (κ3) is 3.25. The lowest BCUT2D eigenvalue weighted by atomic mass is 10.1. The zero-order chi connectivity index (χ0) is 16.9. The Morgan fingerprint density at radius 2 is 1.67 bits per heavy atom. The molecule has 3 rings (SSSR count). The Balaban J connectivity index is 2.18. The maximum absolute atomic E-state index is 14.2. The molecular formula is C19H19FN4. The van der Waals surface area contributed by atoms with Gasteiger partial charge in [-0.1, -0.05) is 18.2 Å². The molecule has 0 bridgehead atoms. The molecule has 2 heterocycles. The Labute approximate surface area is 141 Å². The molecule has 122 valence electrons. The van der Waals surface area contributed by atoms with Gasteiger partial charge in [-0.15, -0.1) is 0 Å². The number of benzene rings is 1. The second kappa shape index (κ2) is 7.17. The van der Waals surface area contributed by atoms with Gasteiger partial charge in [-0.2, -0.15) is 0 Å². The van der Waals surface area contributed by atoms with E-state index in [1.54, 1.807) is 24.4 Å². The van der Waals surface area contributed by atoms with Crippen molar-refractivity contribution in [2.45, 2.75) is 13.8 Å². The van der Waals surface area contributed by atoms with E-state index in [0.29, 0.717) is 22.8 Å². The maximum Gasteiger partial charge on any atom is 0.180 e. The SMILES string of the molecule is CCN(CC)c1cc(-c2ccccc2F)nc(-c2ccccn2)n1. The first-order chi connectivity index (χ1) is 11.7. The minimum atomic E-state index is -0.298. The van der Waals surface area contributed by atoms with Crippen molar-refractivity contribution in [3.63, 3.8) is 0 Å². The molecule has 0 aliphatic rings. The topological polar surface area (TPSA) is 41.9 Å². The van der Waals surface area contributed by atoms with Crippen LogP contribution in [0.4, 0.5) is 10.2 Å². The van der Waals surface area contributed by atoms with E-state index in [9.17, 15) is 4.39 Å². The predicted octanol–water partition coefficient (Wildman–Crippen LogP) is 4.19. The van der Waals surface area contributed by atoms with E-state index in [-0.39, 0.29) is 5.82 Å². The van der Waals surface area contributed by atoms with Gasteiger partial charge < -0.3 is 4.90 Å². The molecule has 3 aromatic rings. The van der Waals surface area contributed by atoms with Gasteiger partial charge in [0.05, 0.1) is 5.69 Å². The number of hydrogen-bond donors (Lipinski definition) is 0. The standard InChI is InChI=1S/C19H19FN4/c1-3-24(4-2)18-13-17(14-9-5-6-10-15(14)20)22-19(23-18)16-11-7-8-12-21-16/h5-13H,3-4H2,1-2H3. The van der Waals surface area contributed by atoms with Crippen LogP contribution in [0.1, 0.15) is 13.8 Å². The van der Waals surface area contributed by atoms with E-state index >= 15 is 0 Å². The third-order valence-corrected chi connectivity index (χ3v) is 3.84. The van der Waals surface area contributed by atoms with Crippen LogP contribution < -0.4 is 4.90 Å². The summed E-state index contributed by atoms with van der Waals surface area (Å²) in [6.45, 7) is 5.75. The Morgan fingerprint density at radius 3 is 2.33 bits per heavy atom. The highest BCUT2D eigenvalue weighted by Gasteiger charge is 2.14. The van der Waals surface area contributed by atoms with Crippen molar-refractivity contribution in [1.29, 1.82) is 0 Å². The van der Waals surface area contributed by atoms with Crippen molar-refractivity contribution >= 4 is 5.82 Å². The molecule has 0 atom stereocenters. The molecule has 2 aromatic heterocycles.